The zero-order valence-corrected chi connectivity index (χ0v) is 20.7. The largest absolute Gasteiger partial charge is 0.497 e. The third-order valence-corrected chi connectivity index (χ3v) is 6.22. The van der Waals surface area contributed by atoms with E-state index in [1.165, 1.54) is 0 Å². The van der Waals surface area contributed by atoms with Crippen molar-refractivity contribution in [1.29, 1.82) is 0 Å². The Morgan fingerprint density at radius 3 is 2.54 bits per heavy atom. The lowest BCUT2D eigenvalue weighted by Gasteiger charge is -2.24. The van der Waals surface area contributed by atoms with Gasteiger partial charge in [-0.05, 0) is 60.5 Å². The van der Waals surface area contributed by atoms with E-state index < -0.39 is 12.6 Å². The first-order valence-electron chi connectivity index (χ1n) is 11.1. The molecule has 0 saturated carbocycles. The highest BCUT2D eigenvalue weighted by molar-refractivity contribution is 9.10. The zero-order chi connectivity index (χ0) is 24.8. The first kappa shape index (κ1) is 24.3. The Morgan fingerprint density at radius 2 is 1.80 bits per heavy atom. The van der Waals surface area contributed by atoms with Crippen molar-refractivity contribution in [2.24, 2.45) is 0 Å². The van der Waals surface area contributed by atoms with E-state index in [0.29, 0.717) is 24.3 Å². The molecule has 0 spiro atoms. The molecule has 0 atom stereocenters. The maximum Gasteiger partial charge on any atom is 0.341 e. The maximum atomic E-state index is 13.5. The highest BCUT2D eigenvalue weighted by atomic mass is 79.9. The van der Waals surface area contributed by atoms with Gasteiger partial charge >= 0.3 is 5.97 Å². The van der Waals surface area contributed by atoms with Crippen LogP contribution in [0.4, 0.5) is 0 Å². The van der Waals surface area contributed by atoms with Crippen molar-refractivity contribution in [3.63, 3.8) is 0 Å². The number of H-pyrrole nitrogens is 1. The van der Waals surface area contributed by atoms with Crippen molar-refractivity contribution < 1.29 is 24.2 Å². The number of carboxylic acid groups (broad SMARTS) is 1. The molecule has 4 aromatic rings. The second kappa shape index (κ2) is 11.1. The molecule has 35 heavy (non-hydrogen) atoms. The van der Waals surface area contributed by atoms with E-state index in [4.69, 9.17) is 14.6 Å². The summed E-state index contributed by atoms with van der Waals surface area (Å²) in [5, 5.41) is 10.1. The molecule has 1 amide bonds. The van der Waals surface area contributed by atoms with Gasteiger partial charge in [0.2, 0.25) is 0 Å². The van der Waals surface area contributed by atoms with Gasteiger partial charge in [0.05, 0.1) is 7.11 Å². The molecule has 7 nitrogen and oxygen atoms in total. The normalized spacial score (nSPS) is 10.8. The minimum atomic E-state index is -1.06. The van der Waals surface area contributed by atoms with E-state index >= 15 is 0 Å². The molecule has 0 unspecified atom stereocenters. The monoisotopic (exact) mass is 536 g/mol. The van der Waals surface area contributed by atoms with Crippen molar-refractivity contribution in [2.75, 3.05) is 20.3 Å². The summed E-state index contributed by atoms with van der Waals surface area (Å²) in [4.78, 5) is 29.5. The van der Waals surface area contributed by atoms with Crippen LogP contribution in [0, 0.1) is 0 Å². The summed E-state index contributed by atoms with van der Waals surface area (Å²) in [6.07, 6.45) is 2.57. The number of halogens is 1. The van der Waals surface area contributed by atoms with Crippen molar-refractivity contribution in [2.45, 2.75) is 13.0 Å². The van der Waals surface area contributed by atoms with Crippen LogP contribution in [0.25, 0.3) is 10.9 Å². The molecule has 0 bridgehead atoms. The molecular weight excluding hydrogens is 512 g/mol. The molecule has 0 fully saturated rings. The molecule has 1 heterocycles. The number of nitrogens with zero attached hydrogens (tertiary/aromatic N) is 1. The number of fused-ring (bicyclic) bond motifs is 1. The minimum Gasteiger partial charge on any atom is -0.497 e. The fraction of sp³-hybridized carbons (Fsp3) is 0.185. The van der Waals surface area contributed by atoms with Crippen LogP contribution in [0.15, 0.2) is 77.4 Å². The van der Waals surface area contributed by atoms with Gasteiger partial charge in [-0.3, -0.25) is 4.79 Å². The van der Waals surface area contributed by atoms with Crippen LogP contribution in [0.2, 0.25) is 0 Å². The van der Waals surface area contributed by atoms with E-state index in [1.807, 2.05) is 48.7 Å². The number of aromatic amines is 1. The summed E-state index contributed by atoms with van der Waals surface area (Å²) >= 11 is 3.41. The number of aromatic nitrogens is 1. The molecule has 180 valence electrons. The van der Waals surface area contributed by atoms with Gasteiger partial charge in [0.25, 0.3) is 5.91 Å². The number of hydrogen-bond acceptors (Lipinski definition) is 4. The molecule has 0 aliphatic rings. The number of amides is 1. The van der Waals surface area contributed by atoms with Crippen LogP contribution in [-0.4, -0.2) is 47.1 Å². The second-order valence-electron chi connectivity index (χ2n) is 8.00. The fourth-order valence-corrected chi connectivity index (χ4v) is 4.16. The number of aliphatic carboxylic acids is 1. The van der Waals surface area contributed by atoms with Gasteiger partial charge in [-0.2, -0.15) is 0 Å². The number of hydrogen-bond donors (Lipinski definition) is 2. The second-order valence-corrected chi connectivity index (χ2v) is 8.91. The van der Waals surface area contributed by atoms with Gasteiger partial charge in [0, 0.05) is 45.8 Å². The minimum absolute atomic E-state index is 0.122. The fourth-order valence-electron chi connectivity index (χ4n) is 3.89. The Balaban J connectivity index is 1.61. The predicted octanol–water partition coefficient (Wildman–Crippen LogP) is 5.29. The number of ether oxygens (including phenoxy) is 2. The lowest BCUT2D eigenvalue weighted by atomic mass is 10.1. The molecule has 0 saturated heterocycles. The maximum absolute atomic E-state index is 13.5. The highest BCUT2D eigenvalue weighted by Gasteiger charge is 2.19. The Bertz CT molecular complexity index is 1330. The number of carbonyl (C=O) groups excluding carboxylic acids is 1. The van der Waals surface area contributed by atoms with E-state index in [9.17, 15) is 9.59 Å². The first-order chi connectivity index (χ1) is 16.9. The van der Waals surface area contributed by atoms with Gasteiger partial charge in [0.1, 0.15) is 11.5 Å². The zero-order valence-electron chi connectivity index (χ0n) is 19.2. The van der Waals surface area contributed by atoms with Crippen molar-refractivity contribution in [3.8, 4) is 11.5 Å². The summed E-state index contributed by atoms with van der Waals surface area (Å²) in [5.74, 6) is 0.0336. The molecule has 3 aromatic carbocycles. The Hall–Kier alpha value is -3.78. The molecule has 0 radical (unpaired) electrons. The topological polar surface area (TPSA) is 91.9 Å². The molecular formula is C27H25BrN2O5. The van der Waals surface area contributed by atoms with Crippen LogP contribution in [0.3, 0.4) is 0 Å². The van der Waals surface area contributed by atoms with Crippen LogP contribution >= 0.6 is 15.9 Å². The van der Waals surface area contributed by atoms with E-state index in [-0.39, 0.29) is 12.5 Å². The Labute approximate surface area is 211 Å². The number of carbonyl (C=O) groups is 2. The van der Waals surface area contributed by atoms with Crippen LogP contribution in [-0.2, 0) is 17.8 Å². The average Bonchev–Trinajstić information content (AvgIpc) is 3.28. The summed E-state index contributed by atoms with van der Waals surface area (Å²) in [5.41, 5.74) is 3.37. The van der Waals surface area contributed by atoms with Crippen molar-refractivity contribution in [3.05, 3.63) is 94.1 Å². The Morgan fingerprint density at radius 1 is 1.03 bits per heavy atom. The van der Waals surface area contributed by atoms with Gasteiger partial charge < -0.3 is 24.5 Å². The van der Waals surface area contributed by atoms with Crippen molar-refractivity contribution >= 4 is 38.7 Å². The SMILES string of the molecule is COc1ccc2[nH]cc(CCN(Cc3ccccc3OCC(=O)O)C(=O)c3ccc(Br)cc3)c2c1. The van der Waals surface area contributed by atoms with E-state index in [0.717, 1.165) is 32.3 Å². The number of nitrogens with one attached hydrogen (secondary N) is 1. The van der Waals surface area contributed by atoms with Crippen molar-refractivity contribution in [1.82, 2.24) is 9.88 Å². The van der Waals surface area contributed by atoms with Crippen LogP contribution < -0.4 is 9.47 Å². The lowest BCUT2D eigenvalue weighted by molar-refractivity contribution is -0.139. The standard InChI is InChI=1S/C27H25BrN2O5/c1-34-22-10-11-24-23(14-22)19(15-29-24)12-13-30(27(33)18-6-8-21(28)9-7-18)16-20-4-2-3-5-25(20)35-17-26(31)32/h2-11,14-15,29H,12-13,16-17H2,1H3,(H,31,32). The van der Waals surface area contributed by atoms with Gasteiger partial charge in [0.15, 0.2) is 6.61 Å². The van der Waals surface area contributed by atoms with Gasteiger partial charge in [-0.15, -0.1) is 0 Å². The first-order valence-corrected chi connectivity index (χ1v) is 11.8. The number of benzene rings is 3. The molecule has 1 aromatic heterocycles. The average molecular weight is 537 g/mol. The quantitative estimate of drug-likeness (QED) is 0.287. The molecule has 8 heteroatoms. The van der Waals surface area contributed by atoms with Crippen LogP contribution in [0.1, 0.15) is 21.5 Å². The number of para-hydroxylation sites is 1. The number of rotatable bonds is 10. The third-order valence-electron chi connectivity index (χ3n) is 5.69. The molecule has 4 rings (SSSR count). The highest BCUT2D eigenvalue weighted by Crippen LogP contribution is 2.26. The molecule has 2 N–H and O–H groups in total. The van der Waals surface area contributed by atoms with Gasteiger partial charge in [-0.1, -0.05) is 34.1 Å². The van der Waals surface area contributed by atoms with E-state index in [1.54, 1.807) is 36.3 Å². The summed E-state index contributed by atoms with van der Waals surface area (Å²) in [6.45, 7) is 0.275. The lowest BCUT2D eigenvalue weighted by Crippen LogP contribution is -2.32. The van der Waals surface area contributed by atoms with Crippen LogP contribution in [0.5, 0.6) is 11.5 Å². The summed E-state index contributed by atoms with van der Waals surface area (Å²) < 4.78 is 11.7. The van der Waals surface area contributed by atoms with Gasteiger partial charge in [-0.25, -0.2) is 4.79 Å². The molecule has 0 aliphatic heterocycles. The van der Waals surface area contributed by atoms with E-state index in [2.05, 4.69) is 20.9 Å². The molecule has 0 aliphatic carbocycles. The summed E-state index contributed by atoms with van der Waals surface area (Å²) in [6, 6.07) is 20.3. The number of carboxylic acids is 1. The third kappa shape index (κ3) is 6.02. The smallest absolute Gasteiger partial charge is 0.341 e. The summed E-state index contributed by atoms with van der Waals surface area (Å²) in [7, 11) is 1.63. The number of methoxy groups -OCH3 is 1. The predicted molar refractivity (Wildman–Crippen MR) is 137 cm³/mol. The Kier molecular flexibility index (Phi) is 7.72.